The fourth-order valence-corrected chi connectivity index (χ4v) is 2.35. The minimum Gasteiger partial charge on any atom is -0.496 e. The van der Waals surface area contributed by atoms with Gasteiger partial charge in [-0.15, -0.1) is 0 Å². The van der Waals surface area contributed by atoms with Crippen molar-refractivity contribution in [2.75, 3.05) is 20.8 Å². The largest absolute Gasteiger partial charge is 0.496 e. The Labute approximate surface area is 114 Å². The number of hydrogen-bond acceptors (Lipinski definition) is 4. The number of benzene rings is 1. The highest BCUT2D eigenvalue weighted by Crippen LogP contribution is 2.41. The van der Waals surface area contributed by atoms with Gasteiger partial charge in [-0.1, -0.05) is 0 Å². The number of carbonyl (C=O) groups is 1. The van der Waals surface area contributed by atoms with Gasteiger partial charge in [-0.05, 0) is 28.9 Å². The number of ether oxygens (including phenoxy) is 2. The smallest absolute Gasteiger partial charge is 0.312 e. The van der Waals surface area contributed by atoms with Crippen LogP contribution < -0.4 is 15.2 Å². The van der Waals surface area contributed by atoms with Gasteiger partial charge < -0.3 is 20.3 Å². The summed E-state index contributed by atoms with van der Waals surface area (Å²) in [4.78, 5) is 11.2. The van der Waals surface area contributed by atoms with Crippen LogP contribution >= 0.6 is 15.9 Å². The molecule has 0 saturated carbocycles. The average Bonchev–Trinajstić information content (AvgIpc) is 2.34. The summed E-state index contributed by atoms with van der Waals surface area (Å²) < 4.78 is 11.2. The van der Waals surface area contributed by atoms with Gasteiger partial charge in [0, 0.05) is 17.7 Å². The zero-order valence-corrected chi connectivity index (χ0v) is 12.1. The van der Waals surface area contributed by atoms with Gasteiger partial charge in [-0.3, -0.25) is 4.79 Å². The Morgan fingerprint density at radius 2 is 2.11 bits per heavy atom. The molecule has 0 amide bonds. The van der Waals surface area contributed by atoms with Crippen LogP contribution in [0.5, 0.6) is 11.5 Å². The van der Waals surface area contributed by atoms with Gasteiger partial charge >= 0.3 is 5.97 Å². The van der Waals surface area contributed by atoms with E-state index >= 15 is 0 Å². The fourth-order valence-electron chi connectivity index (χ4n) is 1.76. The maximum absolute atomic E-state index is 11.2. The summed E-state index contributed by atoms with van der Waals surface area (Å²) in [6, 6.07) is 1.66. The molecule has 0 aliphatic carbocycles. The van der Waals surface area contributed by atoms with Crippen molar-refractivity contribution in [3.05, 3.63) is 21.7 Å². The number of carboxylic acid groups (broad SMARTS) is 1. The molecule has 0 saturated heterocycles. The molecule has 0 fully saturated rings. The minimum absolute atomic E-state index is 0.00957. The molecule has 1 aromatic carbocycles. The molecule has 0 spiro atoms. The third kappa shape index (κ3) is 2.59. The van der Waals surface area contributed by atoms with Crippen LogP contribution in [-0.4, -0.2) is 31.8 Å². The second-order valence-electron chi connectivity index (χ2n) is 3.77. The lowest BCUT2D eigenvalue weighted by molar-refractivity contribution is -0.138. The number of halogens is 1. The molecule has 1 rings (SSSR count). The van der Waals surface area contributed by atoms with Gasteiger partial charge in [0.05, 0.1) is 24.6 Å². The SMILES string of the molecule is COc1cc(C(CN)C(=O)O)c(OC)c(Br)c1C. The molecule has 1 unspecified atom stereocenters. The first-order valence-corrected chi connectivity index (χ1v) is 6.11. The number of carboxylic acids is 1. The summed E-state index contributed by atoms with van der Waals surface area (Å²) >= 11 is 3.39. The Balaban J connectivity index is 3.50. The lowest BCUT2D eigenvalue weighted by Crippen LogP contribution is -2.22. The van der Waals surface area contributed by atoms with Gasteiger partial charge in [-0.2, -0.15) is 0 Å². The monoisotopic (exact) mass is 317 g/mol. The van der Waals surface area contributed by atoms with E-state index in [0.29, 0.717) is 21.5 Å². The first-order valence-electron chi connectivity index (χ1n) is 5.31. The van der Waals surface area contributed by atoms with Gasteiger partial charge in [0.2, 0.25) is 0 Å². The van der Waals surface area contributed by atoms with Crippen molar-refractivity contribution >= 4 is 21.9 Å². The van der Waals surface area contributed by atoms with E-state index in [-0.39, 0.29) is 6.54 Å². The summed E-state index contributed by atoms with van der Waals surface area (Å²) in [5.74, 6) is -0.747. The maximum Gasteiger partial charge on any atom is 0.312 e. The second kappa shape index (κ2) is 6.06. The summed E-state index contributed by atoms with van der Waals surface area (Å²) in [6.07, 6.45) is 0. The van der Waals surface area contributed by atoms with E-state index in [4.69, 9.17) is 15.2 Å². The van der Waals surface area contributed by atoms with E-state index in [2.05, 4.69) is 15.9 Å². The lowest BCUT2D eigenvalue weighted by Gasteiger charge is -2.19. The second-order valence-corrected chi connectivity index (χ2v) is 4.56. The molecule has 0 aliphatic rings. The van der Waals surface area contributed by atoms with Crippen molar-refractivity contribution in [3.8, 4) is 11.5 Å². The molecule has 1 aromatic rings. The van der Waals surface area contributed by atoms with Gasteiger partial charge in [-0.25, -0.2) is 0 Å². The Morgan fingerprint density at radius 1 is 1.50 bits per heavy atom. The summed E-state index contributed by atoms with van der Waals surface area (Å²) in [6.45, 7) is 1.85. The van der Waals surface area contributed by atoms with E-state index in [9.17, 15) is 9.90 Å². The van der Waals surface area contributed by atoms with Crippen LogP contribution in [0.1, 0.15) is 17.0 Å². The molecule has 0 radical (unpaired) electrons. The highest BCUT2D eigenvalue weighted by Gasteiger charge is 2.26. The number of hydrogen-bond donors (Lipinski definition) is 2. The van der Waals surface area contributed by atoms with Crippen LogP contribution in [0.2, 0.25) is 0 Å². The number of aliphatic carboxylic acids is 1. The normalized spacial score (nSPS) is 12.1. The first-order chi connectivity index (χ1) is 8.47. The highest BCUT2D eigenvalue weighted by atomic mass is 79.9. The predicted octanol–water partition coefficient (Wildman–Crippen LogP) is 1.90. The highest BCUT2D eigenvalue weighted by molar-refractivity contribution is 9.10. The van der Waals surface area contributed by atoms with Crippen molar-refractivity contribution in [2.24, 2.45) is 5.73 Å². The first kappa shape index (κ1) is 14.8. The van der Waals surface area contributed by atoms with E-state index in [1.54, 1.807) is 6.07 Å². The fraction of sp³-hybridized carbons (Fsp3) is 0.417. The average molecular weight is 318 g/mol. The number of nitrogens with two attached hydrogens (primary N) is 1. The molecule has 3 N–H and O–H groups in total. The summed E-state index contributed by atoms with van der Waals surface area (Å²) in [5.41, 5.74) is 6.86. The van der Waals surface area contributed by atoms with Gasteiger partial charge in [0.1, 0.15) is 11.5 Å². The maximum atomic E-state index is 11.2. The topological polar surface area (TPSA) is 81.8 Å². The molecule has 6 heteroatoms. The van der Waals surface area contributed by atoms with Crippen molar-refractivity contribution in [3.63, 3.8) is 0 Å². The molecule has 5 nitrogen and oxygen atoms in total. The molecule has 0 bridgehead atoms. The number of methoxy groups -OCH3 is 2. The van der Waals surface area contributed by atoms with Gasteiger partial charge in [0.15, 0.2) is 0 Å². The Bertz CT molecular complexity index is 462. The quantitative estimate of drug-likeness (QED) is 0.866. The standard InChI is InChI=1S/C12H16BrNO4/c1-6-9(17-2)4-7(8(5-14)12(15)16)11(18-3)10(6)13/h4,8H,5,14H2,1-3H3,(H,15,16). The van der Waals surface area contributed by atoms with Crippen LogP contribution in [0.25, 0.3) is 0 Å². The lowest BCUT2D eigenvalue weighted by atomic mass is 9.96. The van der Waals surface area contributed by atoms with Crippen LogP contribution in [0, 0.1) is 6.92 Å². The third-order valence-corrected chi connectivity index (χ3v) is 3.74. The van der Waals surface area contributed by atoms with Crippen molar-refractivity contribution < 1.29 is 19.4 Å². The van der Waals surface area contributed by atoms with Crippen molar-refractivity contribution in [1.29, 1.82) is 0 Å². The van der Waals surface area contributed by atoms with Crippen LogP contribution in [0.3, 0.4) is 0 Å². The van der Waals surface area contributed by atoms with E-state index < -0.39 is 11.9 Å². The molecular formula is C12H16BrNO4. The summed E-state index contributed by atoms with van der Waals surface area (Å²) in [7, 11) is 3.02. The molecular weight excluding hydrogens is 302 g/mol. The molecule has 0 heterocycles. The van der Waals surface area contributed by atoms with Crippen molar-refractivity contribution in [2.45, 2.75) is 12.8 Å². The minimum atomic E-state index is -0.992. The molecule has 0 aromatic heterocycles. The van der Waals surface area contributed by atoms with Gasteiger partial charge in [0.25, 0.3) is 0 Å². The van der Waals surface area contributed by atoms with Crippen LogP contribution in [-0.2, 0) is 4.79 Å². The van der Waals surface area contributed by atoms with Crippen LogP contribution in [0.4, 0.5) is 0 Å². The third-order valence-electron chi connectivity index (χ3n) is 2.78. The van der Waals surface area contributed by atoms with E-state index in [1.807, 2.05) is 6.92 Å². The predicted molar refractivity (Wildman–Crippen MR) is 71.4 cm³/mol. The Hall–Kier alpha value is -1.27. The molecule has 100 valence electrons. The zero-order chi connectivity index (χ0) is 13.9. The molecule has 18 heavy (non-hydrogen) atoms. The Morgan fingerprint density at radius 3 is 2.50 bits per heavy atom. The van der Waals surface area contributed by atoms with Crippen LogP contribution in [0.15, 0.2) is 10.5 Å². The number of rotatable bonds is 5. The zero-order valence-electron chi connectivity index (χ0n) is 10.5. The molecule has 1 atom stereocenters. The van der Waals surface area contributed by atoms with E-state index in [1.165, 1.54) is 14.2 Å². The summed E-state index contributed by atoms with van der Waals surface area (Å²) in [5, 5.41) is 9.18. The molecule has 0 aliphatic heterocycles. The van der Waals surface area contributed by atoms with Crippen molar-refractivity contribution in [1.82, 2.24) is 0 Å². The van der Waals surface area contributed by atoms with E-state index in [0.717, 1.165) is 5.56 Å². The Kier molecular flexibility index (Phi) is 4.98.